The minimum atomic E-state index is 0.562. The van der Waals surface area contributed by atoms with Crippen LogP contribution in [-0.2, 0) is 0 Å². The summed E-state index contributed by atoms with van der Waals surface area (Å²) in [5.74, 6) is 0.578. The quantitative estimate of drug-likeness (QED) is 0.864. The van der Waals surface area contributed by atoms with Crippen LogP contribution in [0.3, 0.4) is 0 Å². The van der Waals surface area contributed by atoms with Crippen molar-refractivity contribution in [1.29, 1.82) is 0 Å². The van der Waals surface area contributed by atoms with Gasteiger partial charge in [-0.3, -0.25) is 0 Å². The third-order valence-corrected chi connectivity index (χ3v) is 2.81. The zero-order valence-electron chi connectivity index (χ0n) is 9.17. The van der Waals surface area contributed by atoms with Crippen LogP contribution in [0, 0.1) is 6.92 Å². The molecule has 0 bridgehead atoms. The molecule has 2 rings (SSSR count). The van der Waals surface area contributed by atoms with E-state index in [4.69, 9.17) is 28.9 Å². The van der Waals surface area contributed by atoms with Gasteiger partial charge in [0.15, 0.2) is 5.82 Å². The predicted molar refractivity (Wildman–Crippen MR) is 73.1 cm³/mol. The van der Waals surface area contributed by atoms with Crippen molar-refractivity contribution in [2.75, 3.05) is 11.1 Å². The van der Waals surface area contributed by atoms with E-state index in [-0.39, 0.29) is 0 Å². The highest BCUT2D eigenvalue weighted by atomic mass is 35.5. The molecule has 0 aliphatic rings. The lowest BCUT2D eigenvalue weighted by atomic mass is 10.3. The van der Waals surface area contributed by atoms with Gasteiger partial charge in [0.05, 0.1) is 16.4 Å². The van der Waals surface area contributed by atoms with Crippen molar-refractivity contribution in [3.8, 4) is 0 Å². The molecule has 0 radical (unpaired) electrons. The van der Waals surface area contributed by atoms with Gasteiger partial charge in [0.1, 0.15) is 0 Å². The highest BCUT2D eigenvalue weighted by molar-refractivity contribution is 6.35. The molecule has 3 N–H and O–H groups in total. The van der Waals surface area contributed by atoms with Crippen LogP contribution in [0.15, 0.2) is 30.3 Å². The summed E-state index contributed by atoms with van der Waals surface area (Å²) >= 11 is 12.0. The minimum Gasteiger partial charge on any atom is -0.396 e. The van der Waals surface area contributed by atoms with E-state index in [1.54, 1.807) is 24.3 Å². The maximum Gasteiger partial charge on any atom is 0.153 e. The number of aryl methyl sites for hydroxylation is 1. The van der Waals surface area contributed by atoms with E-state index >= 15 is 0 Å². The summed E-state index contributed by atoms with van der Waals surface area (Å²) in [6.45, 7) is 1.89. The highest BCUT2D eigenvalue weighted by Gasteiger charge is 2.05. The molecular formula is C12H11Cl2N3. The van der Waals surface area contributed by atoms with Gasteiger partial charge in [0.2, 0.25) is 0 Å². The van der Waals surface area contributed by atoms with Crippen molar-refractivity contribution in [3.63, 3.8) is 0 Å². The Hall–Kier alpha value is -1.45. The molecule has 0 atom stereocenters. The summed E-state index contributed by atoms with van der Waals surface area (Å²) in [5, 5.41) is 4.24. The third-order valence-electron chi connectivity index (χ3n) is 2.25. The monoisotopic (exact) mass is 267 g/mol. The molecule has 2 aromatic rings. The number of benzene rings is 1. The highest BCUT2D eigenvalue weighted by Crippen LogP contribution is 2.29. The minimum absolute atomic E-state index is 0.562. The summed E-state index contributed by atoms with van der Waals surface area (Å²) in [6, 6.07) is 8.82. The van der Waals surface area contributed by atoms with E-state index in [0.29, 0.717) is 27.2 Å². The first-order valence-corrected chi connectivity index (χ1v) is 5.77. The molecule has 88 valence electrons. The number of hydrogen-bond acceptors (Lipinski definition) is 3. The first kappa shape index (κ1) is 12.0. The fourth-order valence-corrected chi connectivity index (χ4v) is 1.73. The zero-order chi connectivity index (χ0) is 12.4. The molecule has 0 aliphatic carbocycles. The fraction of sp³-hybridized carbons (Fsp3) is 0.0833. The van der Waals surface area contributed by atoms with Crippen molar-refractivity contribution in [3.05, 3.63) is 46.1 Å². The Morgan fingerprint density at radius 2 is 1.94 bits per heavy atom. The summed E-state index contributed by atoms with van der Waals surface area (Å²) < 4.78 is 0. The lowest BCUT2D eigenvalue weighted by Crippen LogP contribution is -2.00. The molecule has 17 heavy (non-hydrogen) atoms. The van der Waals surface area contributed by atoms with E-state index in [0.717, 1.165) is 5.69 Å². The smallest absolute Gasteiger partial charge is 0.153 e. The molecule has 0 aliphatic heterocycles. The fourth-order valence-electron chi connectivity index (χ4n) is 1.39. The normalized spacial score (nSPS) is 10.3. The summed E-state index contributed by atoms with van der Waals surface area (Å²) in [4.78, 5) is 4.30. The predicted octanol–water partition coefficient (Wildman–Crippen LogP) is 4.02. The van der Waals surface area contributed by atoms with E-state index in [1.807, 2.05) is 13.0 Å². The van der Waals surface area contributed by atoms with Crippen LogP contribution < -0.4 is 11.1 Å². The number of nitrogens with one attached hydrogen (secondary N) is 1. The molecule has 1 heterocycles. The van der Waals surface area contributed by atoms with E-state index in [1.165, 1.54) is 0 Å². The van der Waals surface area contributed by atoms with E-state index in [9.17, 15) is 0 Å². The molecular weight excluding hydrogens is 257 g/mol. The molecule has 0 spiro atoms. The average molecular weight is 268 g/mol. The molecule has 1 aromatic carbocycles. The molecule has 1 aromatic heterocycles. The summed E-state index contributed by atoms with van der Waals surface area (Å²) in [5.41, 5.74) is 7.95. The van der Waals surface area contributed by atoms with Crippen LogP contribution in [0.2, 0.25) is 10.0 Å². The molecule has 0 amide bonds. The van der Waals surface area contributed by atoms with Gasteiger partial charge in [-0.1, -0.05) is 23.2 Å². The van der Waals surface area contributed by atoms with Gasteiger partial charge < -0.3 is 11.1 Å². The molecule has 5 heteroatoms. The molecule has 0 saturated heterocycles. The zero-order valence-corrected chi connectivity index (χ0v) is 10.7. The molecule has 0 unspecified atom stereocenters. The molecule has 3 nitrogen and oxygen atoms in total. The lowest BCUT2D eigenvalue weighted by Gasteiger charge is -2.10. The molecule has 0 saturated carbocycles. The van der Waals surface area contributed by atoms with E-state index in [2.05, 4.69) is 10.3 Å². The number of rotatable bonds is 2. The van der Waals surface area contributed by atoms with Crippen molar-refractivity contribution < 1.29 is 0 Å². The van der Waals surface area contributed by atoms with E-state index < -0.39 is 0 Å². The lowest BCUT2D eigenvalue weighted by molar-refractivity contribution is 1.20. The van der Waals surface area contributed by atoms with Crippen LogP contribution >= 0.6 is 23.2 Å². The van der Waals surface area contributed by atoms with Gasteiger partial charge in [-0.25, -0.2) is 4.98 Å². The number of hydrogen-bond donors (Lipinski definition) is 2. The number of halogens is 2. The van der Waals surface area contributed by atoms with Crippen molar-refractivity contribution in [2.24, 2.45) is 0 Å². The van der Waals surface area contributed by atoms with Gasteiger partial charge in [0.25, 0.3) is 0 Å². The number of anilines is 3. The van der Waals surface area contributed by atoms with Crippen molar-refractivity contribution in [1.82, 2.24) is 4.98 Å². The van der Waals surface area contributed by atoms with Gasteiger partial charge in [-0.15, -0.1) is 0 Å². The van der Waals surface area contributed by atoms with Gasteiger partial charge >= 0.3 is 0 Å². The van der Waals surface area contributed by atoms with Gasteiger partial charge in [-0.2, -0.15) is 0 Å². The Balaban J connectivity index is 2.37. The Morgan fingerprint density at radius 1 is 1.18 bits per heavy atom. The Morgan fingerprint density at radius 3 is 2.71 bits per heavy atom. The average Bonchev–Trinajstić information content (AvgIpc) is 2.28. The topological polar surface area (TPSA) is 50.9 Å². The van der Waals surface area contributed by atoms with Crippen molar-refractivity contribution >= 4 is 40.4 Å². The Bertz CT molecular complexity index is 506. The number of nitrogen functional groups attached to an aromatic ring is 1. The number of nitrogens with zero attached hydrogens (tertiary/aromatic N) is 1. The second-order valence-electron chi connectivity index (χ2n) is 3.64. The van der Waals surface area contributed by atoms with Crippen LogP contribution in [0.5, 0.6) is 0 Å². The maximum atomic E-state index is 6.05. The maximum absolute atomic E-state index is 6.05. The molecule has 0 fully saturated rings. The first-order chi connectivity index (χ1) is 8.06. The Kier molecular flexibility index (Phi) is 3.41. The van der Waals surface area contributed by atoms with Crippen molar-refractivity contribution in [2.45, 2.75) is 6.92 Å². The standard InChI is InChI=1S/C12H11Cl2N3/c1-7-2-5-10(15)12(16-7)17-11-6-8(13)3-4-9(11)14/h2-6H,15H2,1H3,(H,16,17). The SMILES string of the molecule is Cc1ccc(N)c(Nc2cc(Cl)ccc2Cl)n1. The summed E-state index contributed by atoms with van der Waals surface area (Å²) in [6.07, 6.45) is 0. The van der Waals surface area contributed by atoms with Gasteiger partial charge in [0, 0.05) is 10.7 Å². The summed E-state index contributed by atoms with van der Waals surface area (Å²) in [7, 11) is 0. The third kappa shape index (κ3) is 2.81. The van der Waals surface area contributed by atoms with Crippen LogP contribution in [0.25, 0.3) is 0 Å². The largest absolute Gasteiger partial charge is 0.396 e. The number of nitrogens with two attached hydrogens (primary N) is 1. The second kappa shape index (κ2) is 4.82. The number of aromatic nitrogens is 1. The van der Waals surface area contributed by atoms with Crippen LogP contribution in [0.1, 0.15) is 5.69 Å². The second-order valence-corrected chi connectivity index (χ2v) is 4.48. The first-order valence-electron chi connectivity index (χ1n) is 5.01. The van der Waals surface area contributed by atoms with Gasteiger partial charge in [-0.05, 0) is 37.3 Å². The number of pyridine rings is 1. The Labute approximate surface area is 110 Å². The van der Waals surface area contributed by atoms with Crippen LogP contribution in [-0.4, -0.2) is 4.98 Å². The van der Waals surface area contributed by atoms with Crippen LogP contribution in [0.4, 0.5) is 17.2 Å².